The Hall–Kier alpha value is -6.16. The zero-order valence-corrected chi connectivity index (χ0v) is 27.1. The molecule has 11 rings (SSSR count). The van der Waals surface area contributed by atoms with Crippen molar-refractivity contribution in [3.05, 3.63) is 158 Å². The van der Waals surface area contributed by atoms with Gasteiger partial charge in [-0.2, -0.15) is 0 Å². The highest BCUT2D eigenvalue weighted by atomic mass is 32.1. The van der Waals surface area contributed by atoms with Crippen LogP contribution in [0.1, 0.15) is 0 Å². The summed E-state index contributed by atoms with van der Waals surface area (Å²) in [7, 11) is 0. The first-order valence-corrected chi connectivity index (χ1v) is 17.4. The second-order valence-corrected chi connectivity index (χ2v) is 13.9. The lowest BCUT2D eigenvalue weighted by molar-refractivity contribution is 0.631. The fourth-order valence-electron chi connectivity index (χ4n) is 7.92. The second-order valence-electron chi connectivity index (χ2n) is 12.8. The number of benzene rings is 8. The Balaban J connectivity index is 1.18. The van der Waals surface area contributed by atoms with Gasteiger partial charge in [-0.25, -0.2) is 0 Å². The number of hydrogen-bond donors (Lipinski definition) is 0. The van der Waals surface area contributed by atoms with E-state index in [4.69, 9.17) is 8.83 Å². The molecule has 8 aromatic carbocycles. The molecule has 0 N–H and O–H groups in total. The maximum Gasteiger partial charge on any atom is 0.136 e. The van der Waals surface area contributed by atoms with Crippen LogP contribution in [0.2, 0.25) is 0 Å². The van der Waals surface area contributed by atoms with Crippen LogP contribution in [-0.2, 0) is 0 Å². The van der Waals surface area contributed by atoms with Crippen molar-refractivity contribution in [2.24, 2.45) is 0 Å². The molecule has 3 heteroatoms. The van der Waals surface area contributed by atoms with Crippen molar-refractivity contribution in [2.45, 2.75) is 0 Å². The molecular weight excluding hydrogens is 617 g/mol. The maximum atomic E-state index is 6.44. The molecule has 49 heavy (non-hydrogen) atoms. The van der Waals surface area contributed by atoms with Crippen molar-refractivity contribution in [3.8, 4) is 33.6 Å². The Kier molecular flexibility index (Phi) is 5.57. The number of thiophene rings is 1. The van der Waals surface area contributed by atoms with E-state index in [1.165, 1.54) is 58.4 Å². The summed E-state index contributed by atoms with van der Waals surface area (Å²) in [5.74, 6) is 0.856. The zero-order chi connectivity index (χ0) is 32.1. The molecule has 0 bridgehead atoms. The molecule has 0 fully saturated rings. The van der Waals surface area contributed by atoms with Crippen molar-refractivity contribution in [2.75, 3.05) is 0 Å². The topological polar surface area (TPSA) is 26.3 Å². The summed E-state index contributed by atoms with van der Waals surface area (Å²) in [6.07, 6.45) is 0. The zero-order valence-electron chi connectivity index (χ0n) is 26.2. The van der Waals surface area contributed by atoms with Gasteiger partial charge in [0.1, 0.15) is 22.5 Å². The molecule has 3 heterocycles. The predicted octanol–water partition coefficient (Wildman–Crippen LogP) is 14.0. The fraction of sp³-hybridized carbons (Fsp3) is 0. The van der Waals surface area contributed by atoms with Crippen LogP contribution >= 0.6 is 11.3 Å². The number of fused-ring (bicyclic) bond motifs is 10. The molecule has 0 aliphatic carbocycles. The van der Waals surface area contributed by atoms with Gasteiger partial charge in [0.25, 0.3) is 0 Å². The normalized spacial score (nSPS) is 12.1. The first kappa shape index (κ1) is 26.9. The molecule has 0 radical (unpaired) electrons. The van der Waals surface area contributed by atoms with Gasteiger partial charge in [0, 0.05) is 41.9 Å². The molecule has 0 unspecified atom stereocenters. The van der Waals surface area contributed by atoms with Crippen LogP contribution in [0.15, 0.2) is 167 Å². The molecule has 3 aromatic heterocycles. The lowest BCUT2D eigenvalue weighted by Crippen LogP contribution is -1.90. The van der Waals surface area contributed by atoms with E-state index >= 15 is 0 Å². The van der Waals surface area contributed by atoms with Crippen molar-refractivity contribution < 1.29 is 8.83 Å². The smallest absolute Gasteiger partial charge is 0.136 e. The lowest BCUT2D eigenvalue weighted by Gasteiger charge is -2.18. The molecule has 0 aliphatic rings. The molecule has 0 amide bonds. The molecule has 2 nitrogen and oxygen atoms in total. The first-order valence-electron chi connectivity index (χ1n) is 16.6. The van der Waals surface area contributed by atoms with E-state index in [0.717, 1.165) is 49.8 Å². The number of rotatable bonds is 3. The highest BCUT2D eigenvalue weighted by molar-refractivity contribution is 7.25. The summed E-state index contributed by atoms with van der Waals surface area (Å²) in [5.41, 5.74) is 8.56. The fourth-order valence-corrected chi connectivity index (χ4v) is 9.01. The minimum absolute atomic E-state index is 0.856. The molecule has 0 saturated heterocycles. The van der Waals surface area contributed by atoms with E-state index in [1.807, 2.05) is 41.7 Å². The Bertz CT molecular complexity index is 3050. The Morgan fingerprint density at radius 3 is 1.55 bits per heavy atom. The highest BCUT2D eigenvalue weighted by Gasteiger charge is 2.20. The molecule has 228 valence electrons. The van der Waals surface area contributed by atoms with E-state index in [0.29, 0.717) is 0 Å². The molecular formula is C46H26O2S. The Morgan fingerprint density at radius 1 is 0.327 bits per heavy atom. The SMILES string of the molecule is c1ccc(-c2cc3c(ccc4oc5ccc(-c6c7ccccc7c(-c7ccc8sc9ccccc9c8c7)c7ccccc67)cc5c43)o2)cc1. The van der Waals surface area contributed by atoms with Crippen molar-refractivity contribution in [3.63, 3.8) is 0 Å². The minimum atomic E-state index is 0.856. The molecule has 0 spiro atoms. The van der Waals surface area contributed by atoms with Gasteiger partial charge in [-0.1, -0.05) is 109 Å². The summed E-state index contributed by atoms with van der Waals surface area (Å²) in [4.78, 5) is 0. The molecule has 11 aromatic rings. The van der Waals surface area contributed by atoms with Gasteiger partial charge in [-0.15, -0.1) is 11.3 Å². The largest absolute Gasteiger partial charge is 0.456 e. The summed E-state index contributed by atoms with van der Waals surface area (Å²) in [6.45, 7) is 0. The summed E-state index contributed by atoms with van der Waals surface area (Å²) >= 11 is 1.86. The van der Waals surface area contributed by atoms with E-state index in [-0.39, 0.29) is 0 Å². The van der Waals surface area contributed by atoms with Gasteiger partial charge in [-0.05, 0) is 92.3 Å². The van der Waals surface area contributed by atoms with Crippen LogP contribution in [-0.4, -0.2) is 0 Å². The number of hydrogen-bond acceptors (Lipinski definition) is 3. The van der Waals surface area contributed by atoms with Gasteiger partial charge >= 0.3 is 0 Å². The third kappa shape index (κ3) is 3.94. The maximum absolute atomic E-state index is 6.44. The third-order valence-electron chi connectivity index (χ3n) is 10.1. The third-order valence-corrected chi connectivity index (χ3v) is 11.2. The van der Waals surface area contributed by atoms with Crippen LogP contribution in [0.5, 0.6) is 0 Å². The number of furan rings is 2. The van der Waals surface area contributed by atoms with Crippen LogP contribution in [0.25, 0.3) is 108 Å². The van der Waals surface area contributed by atoms with E-state index in [1.54, 1.807) is 0 Å². The highest BCUT2D eigenvalue weighted by Crippen LogP contribution is 2.47. The van der Waals surface area contributed by atoms with Crippen LogP contribution < -0.4 is 0 Å². The van der Waals surface area contributed by atoms with E-state index < -0.39 is 0 Å². The molecule has 0 aliphatic heterocycles. The van der Waals surface area contributed by atoms with Crippen molar-refractivity contribution in [1.29, 1.82) is 0 Å². The van der Waals surface area contributed by atoms with E-state index in [9.17, 15) is 0 Å². The lowest BCUT2D eigenvalue weighted by atomic mass is 9.85. The van der Waals surface area contributed by atoms with Gasteiger partial charge in [0.05, 0.1) is 0 Å². The van der Waals surface area contributed by atoms with Gasteiger partial charge in [0.2, 0.25) is 0 Å². The second kappa shape index (κ2) is 10.2. The van der Waals surface area contributed by atoms with Gasteiger partial charge in [-0.3, -0.25) is 0 Å². The summed E-state index contributed by atoms with van der Waals surface area (Å²) in [5, 5.41) is 10.8. The Morgan fingerprint density at radius 2 is 0.837 bits per heavy atom. The van der Waals surface area contributed by atoms with Crippen LogP contribution in [0.3, 0.4) is 0 Å². The molecule has 0 atom stereocenters. The summed E-state index contributed by atoms with van der Waals surface area (Å²) in [6, 6.07) is 56.6. The average molecular weight is 643 g/mol. The quantitative estimate of drug-likeness (QED) is 0.179. The van der Waals surface area contributed by atoms with Gasteiger partial charge in [0.15, 0.2) is 0 Å². The summed E-state index contributed by atoms with van der Waals surface area (Å²) < 4.78 is 15.4. The molecule has 0 saturated carbocycles. The van der Waals surface area contributed by atoms with Crippen LogP contribution in [0, 0.1) is 0 Å². The first-order chi connectivity index (χ1) is 24.3. The van der Waals surface area contributed by atoms with Crippen LogP contribution in [0.4, 0.5) is 0 Å². The standard InChI is InChI=1S/C46H26O2S/c1-2-10-27(11-3-1)41-26-37-39(48-41)21-22-40-46(37)36-25-28(18-20-38(36)47-40)44-31-13-4-6-15-33(31)45(34-16-7-5-14-32(34)44)29-19-23-43-35(24-29)30-12-8-9-17-42(30)49-43/h1-26H. The predicted molar refractivity (Wildman–Crippen MR) is 208 cm³/mol. The van der Waals surface area contributed by atoms with E-state index in [2.05, 4.69) is 127 Å². The van der Waals surface area contributed by atoms with Crippen molar-refractivity contribution in [1.82, 2.24) is 0 Å². The Labute approximate surface area is 285 Å². The van der Waals surface area contributed by atoms with Crippen molar-refractivity contribution >= 4 is 86.0 Å². The average Bonchev–Trinajstić information content (AvgIpc) is 3.87. The minimum Gasteiger partial charge on any atom is -0.456 e. The monoisotopic (exact) mass is 642 g/mol. The van der Waals surface area contributed by atoms with Gasteiger partial charge < -0.3 is 8.83 Å².